The number of benzene rings is 1. The predicted molar refractivity (Wildman–Crippen MR) is 105 cm³/mol. The van der Waals surface area contributed by atoms with Gasteiger partial charge in [-0.05, 0) is 36.5 Å². The Labute approximate surface area is 159 Å². The SMILES string of the molecule is CC1CCCN(C(=O)C2C(C)c3ccccc3N2c2ccc(=O)n(C)n2)C1. The van der Waals surface area contributed by atoms with Crippen LogP contribution in [0.4, 0.5) is 11.5 Å². The van der Waals surface area contributed by atoms with Crippen molar-refractivity contribution in [1.82, 2.24) is 14.7 Å². The first kappa shape index (κ1) is 17.8. The van der Waals surface area contributed by atoms with Crippen molar-refractivity contribution in [2.75, 3.05) is 18.0 Å². The molecule has 1 amide bonds. The number of hydrogen-bond acceptors (Lipinski definition) is 4. The summed E-state index contributed by atoms with van der Waals surface area (Å²) in [5.41, 5.74) is 1.99. The monoisotopic (exact) mass is 366 g/mol. The van der Waals surface area contributed by atoms with Crippen LogP contribution in [0.2, 0.25) is 0 Å². The molecule has 6 heteroatoms. The second-order valence-corrected chi connectivity index (χ2v) is 7.85. The molecule has 0 radical (unpaired) electrons. The third-order valence-corrected chi connectivity index (χ3v) is 5.85. The highest BCUT2D eigenvalue weighted by Gasteiger charge is 2.44. The van der Waals surface area contributed by atoms with Gasteiger partial charge in [0.2, 0.25) is 5.91 Å². The first-order valence-electron chi connectivity index (χ1n) is 9.68. The first-order valence-corrected chi connectivity index (χ1v) is 9.68. The molecule has 0 bridgehead atoms. The zero-order chi connectivity index (χ0) is 19.1. The average molecular weight is 366 g/mol. The minimum atomic E-state index is -0.335. The van der Waals surface area contributed by atoms with Crippen molar-refractivity contribution < 1.29 is 4.79 Å². The van der Waals surface area contributed by atoms with E-state index < -0.39 is 0 Å². The Morgan fingerprint density at radius 2 is 1.93 bits per heavy atom. The van der Waals surface area contributed by atoms with E-state index in [0.717, 1.165) is 30.8 Å². The minimum Gasteiger partial charge on any atom is -0.341 e. The summed E-state index contributed by atoms with van der Waals surface area (Å²) in [5, 5.41) is 4.44. The van der Waals surface area contributed by atoms with Gasteiger partial charge in [0.05, 0.1) is 0 Å². The minimum absolute atomic E-state index is 0.0602. The third-order valence-electron chi connectivity index (χ3n) is 5.85. The van der Waals surface area contributed by atoms with Gasteiger partial charge in [-0.25, -0.2) is 4.68 Å². The lowest BCUT2D eigenvalue weighted by atomic mass is 9.94. The van der Waals surface area contributed by atoms with Gasteiger partial charge in [-0.2, -0.15) is 5.10 Å². The van der Waals surface area contributed by atoms with Crippen molar-refractivity contribution in [3.05, 3.63) is 52.3 Å². The molecule has 2 aliphatic rings. The number of aryl methyl sites for hydroxylation is 1. The second-order valence-electron chi connectivity index (χ2n) is 7.85. The third kappa shape index (κ3) is 3.03. The molecule has 2 aromatic rings. The van der Waals surface area contributed by atoms with Crippen molar-refractivity contribution >= 4 is 17.4 Å². The van der Waals surface area contributed by atoms with Gasteiger partial charge in [0.25, 0.3) is 5.56 Å². The Kier molecular flexibility index (Phi) is 4.50. The van der Waals surface area contributed by atoms with Gasteiger partial charge in [-0.1, -0.05) is 32.0 Å². The smallest absolute Gasteiger partial charge is 0.266 e. The highest BCUT2D eigenvalue weighted by atomic mass is 16.2. The van der Waals surface area contributed by atoms with E-state index in [4.69, 9.17) is 0 Å². The molecule has 3 heterocycles. The molecule has 142 valence electrons. The molecule has 0 spiro atoms. The Hall–Kier alpha value is -2.63. The number of fused-ring (bicyclic) bond motifs is 1. The molecule has 4 rings (SSSR count). The molecule has 1 aromatic heterocycles. The van der Waals surface area contributed by atoms with Crippen LogP contribution in [0.3, 0.4) is 0 Å². The highest BCUT2D eigenvalue weighted by Crippen LogP contribution is 2.45. The van der Waals surface area contributed by atoms with Gasteiger partial charge >= 0.3 is 0 Å². The number of para-hydroxylation sites is 1. The number of amides is 1. The van der Waals surface area contributed by atoms with E-state index in [0.29, 0.717) is 11.7 Å². The number of anilines is 2. The van der Waals surface area contributed by atoms with Gasteiger partial charge < -0.3 is 9.80 Å². The summed E-state index contributed by atoms with van der Waals surface area (Å²) in [4.78, 5) is 29.4. The van der Waals surface area contributed by atoms with Crippen LogP contribution < -0.4 is 10.5 Å². The lowest BCUT2D eigenvalue weighted by Crippen LogP contribution is -2.50. The normalized spacial score (nSPS) is 24.8. The van der Waals surface area contributed by atoms with Crippen LogP contribution >= 0.6 is 0 Å². The van der Waals surface area contributed by atoms with Crippen molar-refractivity contribution in [1.29, 1.82) is 0 Å². The highest BCUT2D eigenvalue weighted by molar-refractivity contribution is 5.92. The molecule has 3 atom stereocenters. The van der Waals surface area contributed by atoms with Crippen LogP contribution in [0.1, 0.15) is 38.2 Å². The summed E-state index contributed by atoms with van der Waals surface area (Å²) in [6.45, 7) is 5.94. The summed E-state index contributed by atoms with van der Waals surface area (Å²) < 4.78 is 1.32. The molecule has 0 aliphatic carbocycles. The van der Waals surface area contributed by atoms with Gasteiger partial charge in [-0.3, -0.25) is 9.59 Å². The van der Waals surface area contributed by atoms with Gasteiger partial charge in [-0.15, -0.1) is 0 Å². The fraction of sp³-hybridized carbons (Fsp3) is 0.476. The summed E-state index contributed by atoms with van der Waals surface area (Å²) >= 11 is 0. The lowest BCUT2D eigenvalue weighted by Gasteiger charge is -2.36. The molecule has 0 saturated carbocycles. The Morgan fingerprint density at radius 1 is 1.15 bits per heavy atom. The van der Waals surface area contributed by atoms with Crippen molar-refractivity contribution in [2.24, 2.45) is 13.0 Å². The van der Waals surface area contributed by atoms with Crippen molar-refractivity contribution in [3.8, 4) is 0 Å². The molecule has 1 aromatic carbocycles. The quantitative estimate of drug-likeness (QED) is 0.820. The molecule has 3 unspecified atom stereocenters. The Bertz CT molecular complexity index is 922. The summed E-state index contributed by atoms with van der Waals surface area (Å²) in [6, 6.07) is 11.0. The number of nitrogens with zero attached hydrogens (tertiary/aromatic N) is 4. The number of piperidine rings is 1. The summed E-state index contributed by atoms with van der Waals surface area (Å²) in [7, 11) is 1.64. The van der Waals surface area contributed by atoms with E-state index >= 15 is 0 Å². The number of aromatic nitrogens is 2. The molecule has 0 N–H and O–H groups in total. The van der Waals surface area contributed by atoms with E-state index in [2.05, 4.69) is 25.0 Å². The van der Waals surface area contributed by atoms with Gasteiger partial charge in [0.15, 0.2) is 5.82 Å². The van der Waals surface area contributed by atoms with Crippen LogP contribution in [-0.2, 0) is 11.8 Å². The largest absolute Gasteiger partial charge is 0.341 e. The van der Waals surface area contributed by atoms with Gasteiger partial charge in [0.1, 0.15) is 6.04 Å². The standard InChI is InChI=1S/C21H26N4O2/c1-14-7-6-12-24(13-14)21(27)20-15(2)16-8-4-5-9-17(16)25(20)18-10-11-19(26)23(3)22-18/h4-5,8-11,14-15,20H,6-7,12-13H2,1-3H3. The first-order chi connectivity index (χ1) is 13.0. The van der Waals surface area contributed by atoms with Crippen LogP contribution in [-0.4, -0.2) is 39.7 Å². The molecular formula is C21H26N4O2. The Morgan fingerprint density at radius 3 is 2.67 bits per heavy atom. The van der Waals surface area contributed by atoms with Crippen molar-refractivity contribution in [3.63, 3.8) is 0 Å². The van der Waals surface area contributed by atoms with E-state index in [-0.39, 0.29) is 23.4 Å². The molecule has 1 saturated heterocycles. The zero-order valence-corrected chi connectivity index (χ0v) is 16.1. The summed E-state index contributed by atoms with van der Waals surface area (Å²) in [5.74, 6) is 1.38. The second kappa shape index (κ2) is 6.83. The fourth-order valence-electron chi connectivity index (χ4n) is 4.42. The average Bonchev–Trinajstić information content (AvgIpc) is 2.96. The zero-order valence-electron chi connectivity index (χ0n) is 16.1. The maximum Gasteiger partial charge on any atom is 0.266 e. The van der Waals surface area contributed by atoms with Crippen LogP contribution in [0.25, 0.3) is 0 Å². The van der Waals surface area contributed by atoms with Crippen molar-refractivity contribution in [2.45, 2.75) is 38.6 Å². The fourth-order valence-corrected chi connectivity index (χ4v) is 4.42. The predicted octanol–water partition coefficient (Wildman–Crippen LogP) is 2.66. The number of carbonyl (C=O) groups excluding carboxylic acids is 1. The number of hydrogen-bond donors (Lipinski definition) is 0. The van der Waals surface area contributed by atoms with Gasteiger partial charge in [0, 0.05) is 37.8 Å². The van der Waals surface area contributed by atoms with Crippen LogP contribution in [0.5, 0.6) is 0 Å². The molecule has 2 aliphatic heterocycles. The molecule has 6 nitrogen and oxygen atoms in total. The van der Waals surface area contributed by atoms with Crippen LogP contribution in [0, 0.1) is 5.92 Å². The number of likely N-dealkylation sites (tertiary alicyclic amines) is 1. The lowest BCUT2D eigenvalue weighted by molar-refractivity contribution is -0.134. The maximum absolute atomic E-state index is 13.5. The maximum atomic E-state index is 13.5. The number of rotatable bonds is 2. The van der Waals surface area contributed by atoms with Crippen LogP contribution in [0.15, 0.2) is 41.2 Å². The molecular weight excluding hydrogens is 340 g/mol. The molecule has 1 fully saturated rings. The van der Waals surface area contributed by atoms with E-state index in [1.807, 2.05) is 28.0 Å². The van der Waals surface area contributed by atoms with E-state index in [9.17, 15) is 9.59 Å². The topological polar surface area (TPSA) is 58.4 Å². The number of carbonyl (C=O) groups is 1. The van der Waals surface area contributed by atoms with E-state index in [1.54, 1.807) is 13.1 Å². The summed E-state index contributed by atoms with van der Waals surface area (Å²) in [6.07, 6.45) is 2.23. The van der Waals surface area contributed by atoms with E-state index in [1.165, 1.54) is 17.2 Å². The molecule has 27 heavy (non-hydrogen) atoms. The Balaban J connectivity index is 1.77.